The van der Waals surface area contributed by atoms with Gasteiger partial charge in [0.05, 0.1) is 0 Å². The molecule has 96 valence electrons. The summed E-state index contributed by atoms with van der Waals surface area (Å²) in [6.45, 7) is 4.05. The first-order valence-corrected chi connectivity index (χ1v) is 5.64. The highest BCUT2D eigenvalue weighted by molar-refractivity contribution is 5.87. The number of carbonyl (C=O) groups excluding carboxylic acids is 2. The summed E-state index contributed by atoms with van der Waals surface area (Å²) in [5, 5.41) is 5.13. The maximum absolute atomic E-state index is 11.9. The standard InChI is InChI=1S/C13H17N3O2/c1-2-3-9-15-12(17)11(16-13(14)18)10-7-5-4-6-8-10/h2,4-8,11H,1,3,9H2,(H,15,17)(H3,14,16,18). The fourth-order valence-corrected chi connectivity index (χ4v) is 1.49. The molecule has 18 heavy (non-hydrogen) atoms. The Kier molecular flexibility index (Phi) is 5.44. The van der Waals surface area contributed by atoms with Gasteiger partial charge in [-0.1, -0.05) is 36.4 Å². The lowest BCUT2D eigenvalue weighted by molar-refractivity contribution is -0.123. The molecule has 5 nitrogen and oxygen atoms in total. The van der Waals surface area contributed by atoms with Gasteiger partial charge in [0.15, 0.2) is 0 Å². The Labute approximate surface area is 106 Å². The largest absolute Gasteiger partial charge is 0.354 e. The zero-order valence-corrected chi connectivity index (χ0v) is 10.1. The monoisotopic (exact) mass is 247 g/mol. The molecule has 0 bridgehead atoms. The Bertz CT molecular complexity index is 418. The van der Waals surface area contributed by atoms with E-state index in [1.54, 1.807) is 30.3 Å². The third kappa shape index (κ3) is 4.29. The van der Waals surface area contributed by atoms with Crippen LogP contribution in [-0.4, -0.2) is 18.5 Å². The fourth-order valence-electron chi connectivity index (χ4n) is 1.49. The normalized spacial score (nSPS) is 11.3. The van der Waals surface area contributed by atoms with E-state index in [0.717, 1.165) is 0 Å². The molecule has 0 aliphatic carbocycles. The maximum atomic E-state index is 11.9. The van der Waals surface area contributed by atoms with Crippen molar-refractivity contribution in [2.45, 2.75) is 12.5 Å². The highest BCUT2D eigenvalue weighted by Gasteiger charge is 2.20. The number of nitrogens with one attached hydrogen (secondary N) is 2. The van der Waals surface area contributed by atoms with Crippen molar-refractivity contribution in [1.82, 2.24) is 10.6 Å². The van der Waals surface area contributed by atoms with E-state index >= 15 is 0 Å². The van der Waals surface area contributed by atoms with Gasteiger partial charge < -0.3 is 16.4 Å². The average molecular weight is 247 g/mol. The van der Waals surface area contributed by atoms with Crippen molar-refractivity contribution in [3.8, 4) is 0 Å². The van der Waals surface area contributed by atoms with E-state index in [1.807, 2.05) is 6.07 Å². The predicted molar refractivity (Wildman–Crippen MR) is 69.7 cm³/mol. The number of amides is 3. The van der Waals surface area contributed by atoms with Gasteiger partial charge in [-0.15, -0.1) is 6.58 Å². The molecule has 1 rings (SSSR count). The summed E-state index contributed by atoms with van der Waals surface area (Å²) in [6, 6.07) is 7.43. The summed E-state index contributed by atoms with van der Waals surface area (Å²) >= 11 is 0. The van der Waals surface area contributed by atoms with Gasteiger partial charge in [0.2, 0.25) is 5.91 Å². The van der Waals surface area contributed by atoms with Gasteiger partial charge in [-0.3, -0.25) is 4.79 Å². The average Bonchev–Trinajstić information content (AvgIpc) is 2.37. The van der Waals surface area contributed by atoms with E-state index < -0.39 is 12.1 Å². The van der Waals surface area contributed by atoms with Crippen LogP contribution in [0.15, 0.2) is 43.0 Å². The van der Waals surface area contributed by atoms with Crippen LogP contribution in [0.5, 0.6) is 0 Å². The Hall–Kier alpha value is -2.30. The molecule has 1 aromatic rings. The summed E-state index contributed by atoms with van der Waals surface area (Å²) in [7, 11) is 0. The van der Waals surface area contributed by atoms with Gasteiger partial charge in [-0.25, -0.2) is 4.79 Å². The van der Waals surface area contributed by atoms with Crippen LogP contribution in [0.2, 0.25) is 0 Å². The third-order valence-electron chi connectivity index (χ3n) is 2.33. The summed E-state index contributed by atoms with van der Waals surface area (Å²) in [6.07, 6.45) is 2.38. The molecule has 0 heterocycles. The van der Waals surface area contributed by atoms with E-state index in [1.165, 1.54) is 0 Å². The SMILES string of the molecule is C=CCCNC(=O)C(NC(N)=O)c1ccccc1. The summed E-state index contributed by atoms with van der Waals surface area (Å²) in [5.41, 5.74) is 5.76. The van der Waals surface area contributed by atoms with Gasteiger partial charge in [-0.2, -0.15) is 0 Å². The van der Waals surface area contributed by atoms with Crippen LogP contribution in [0.1, 0.15) is 18.0 Å². The van der Waals surface area contributed by atoms with Gasteiger partial charge in [0, 0.05) is 6.54 Å². The lowest BCUT2D eigenvalue weighted by Crippen LogP contribution is -2.42. The first-order chi connectivity index (χ1) is 8.65. The molecule has 0 fully saturated rings. The van der Waals surface area contributed by atoms with E-state index in [-0.39, 0.29) is 5.91 Å². The molecule has 3 amide bonds. The molecule has 1 atom stereocenters. The van der Waals surface area contributed by atoms with Crippen molar-refractivity contribution in [3.63, 3.8) is 0 Å². The zero-order chi connectivity index (χ0) is 13.4. The summed E-state index contributed by atoms with van der Waals surface area (Å²) in [4.78, 5) is 22.9. The maximum Gasteiger partial charge on any atom is 0.313 e. The van der Waals surface area contributed by atoms with Gasteiger partial charge >= 0.3 is 6.03 Å². The topological polar surface area (TPSA) is 84.2 Å². The van der Waals surface area contributed by atoms with E-state index in [0.29, 0.717) is 18.5 Å². The van der Waals surface area contributed by atoms with Crippen LogP contribution < -0.4 is 16.4 Å². The van der Waals surface area contributed by atoms with Crippen molar-refractivity contribution in [2.24, 2.45) is 5.73 Å². The minimum absolute atomic E-state index is 0.290. The Balaban J connectivity index is 2.75. The van der Waals surface area contributed by atoms with Crippen molar-refractivity contribution >= 4 is 11.9 Å². The zero-order valence-electron chi connectivity index (χ0n) is 10.1. The van der Waals surface area contributed by atoms with Crippen LogP contribution in [0.3, 0.4) is 0 Å². The summed E-state index contributed by atoms with van der Waals surface area (Å²) < 4.78 is 0. The number of hydrogen-bond donors (Lipinski definition) is 3. The number of urea groups is 1. The Morgan fingerprint density at radius 3 is 2.56 bits per heavy atom. The van der Waals surface area contributed by atoms with Gasteiger partial charge in [0.1, 0.15) is 6.04 Å². The minimum atomic E-state index is -0.770. The van der Waals surface area contributed by atoms with Crippen molar-refractivity contribution in [2.75, 3.05) is 6.54 Å². The molecule has 0 aliphatic rings. The molecule has 1 unspecified atom stereocenters. The molecule has 5 heteroatoms. The molecule has 0 spiro atoms. The fraction of sp³-hybridized carbons (Fsp3) is 0.231. The van der Waals surface area contributed by atoms with Gasteiger partial charge in [0.25, 0.3) is 0 Å². The van der Waals surface area contributed by atoms with E-state index in [4.69, 9.17) is 5.73 Å². The van der Waals surface area contributed by atoms with E-state index in [2.05, 4.69) is 17.2 Å². The minimum Gasteiger partial charge on any atom is -0.354 e. The molecule has 0 saturated carbocycles. The highest BCUT2D eigenvalue weighted by atomic mass is 16.2. The van der Waals surface area contributed by atoms with Crippen LogP contribution in [-0.2, 0) is 4.79 Å². The van der Waals surface area contributed by atoms with E-state index in [9.17, 15) is 9.59 Å². The van der Waals surface area contributed by atoms with Crippen molar-refractivity contribution in [3.05, 3.63) is 48.6 Å². The van der Waals surface area contributed by atoms with Gasteiger partial charge in [-0.05, 0) is 12.0 Å². The molecule has 0 radical (unpaired) electrons. The third-order valence-corrected chi connectivity index (χ3v) is 2.33. The molecule has 0 aliphatic heterocycles. The van der Waals surface area contributed by atoms with Crippen molar-refractivity contribution < 1.29 is 9.59 Å². The number of rotatable bonds is 6. The molecule has 0 aromatic heterocycles. The number of hydrogen-bond acceptors (Lipinski definition) is 2. The number of carbonyl (C=O) groups is 2. The predicted octanol–water partition coefficient (Wildman–Crippen LogP) is 1.09. The highest BCUT2D eigenvalue weighted by Crippen LogP contribution is 2.12. The quantitative estimate of drug-likeness (QED) is 0.519. The lowest BCUT2D eigenvalue weighted by Gasteiger charge is -2.17. The van der Waals surface area contributed by atoms with Crippen molar-refractivity contribution in [1.29, 1.82) is 0 Å². The number of primary amides is 1. The van der Waals surface area contributed by atoms with Crippen LogP contribution >= 0.6 is 0 Å². The number of benzene rings is 1. The first kappa shape index (κ1) is 13.8. The first-order valence-electron chi connectivity index (χ1n) is 5.64. The molecule has 4 N–H and O–H groups in total. The molecular weight excluding hydrogens is 230 g/mol. The Morgan fingerprint density at radius 1 is 1.33 bits per heavy atom. The Morgan fingerprint density at radius 2 is 2.00 bits per heavy atom. The number of nitrogens with two attached hydrogens (primary N) is 1. The second-order valence-corrected chi connectivity index (χ2v) is 3.72. The lowest BCUT2D eigenvalue weighted by atomic mass is 10.1. The molecular formula is C13H17N3O2. The van der Waals surface area contributed by atoms with Crippen LogP contribution in [0.25, 0.3) is 0 Å². The van der Waals surface area contributed by atoms with Crippen LogP contribution in [0.4, 0.5) is 4.79 Å². The second kappa shape index (κ2) is 7.11. The smallest absolute Gasteiger partial charge is 0.313 e. The summed E-state index contributed by atoms with van der Waals surface area (Å²) in [5.74, 6) is -0.290. The van der Waals surface area contributed by atoms with Crippen LogP contribution in [0, 0.1) is 0 Å². The second-order valence-electron chi connectivity index (χ2n) is 3.72. The molecule has 0 saturated heterocycles. The molecule has 1 aromatic carbocycles.